The number of ketones is 3. The second kappa shape index (κ2) is 8.04. The van der Waals surface area contributed by atoms with E-state index < -0.39 is 23.5 Å². The first-order valence-electron chi connectivity index (χ1n) is 8.26. The van der Waals surface area contributed by atoms with E-state index in [1.165, 1.54) is 12.5 Å². The van der Waals surface area contributed by atoms with E-state index in [0.717, 1.165) is 5.56 Å². The van der Waals surface area contributed by atoms with Crippen molar-refractivity contribution in [1.82, 2.24) is 5.32 Å². The van der Waals surface area contributed by atoms with Crippen LogP contribution < -0.4 is 5.32 Å². The first-order valence-corrected chi connectivity index (χ1v) is 8.26. The van der Waals surface area contributed by atoms with Crippen LogP contribution in [0.4, 0.5) is 0 Å². The van der Waals surface area contributed by atoms with Gasteiger partial charge in [0.25, 0.3) is 5.91 Å². The molecule has 2 rings (SSSR count). The fourth-order valence-electron chi connectivity index (χ4n) is 3.01. The van der Waals surface area contributed by atoms with E-state index in [9.17, 15) is 19.2 Å². The molecule has 1 fully saturated rings. The van der Waals surface area contributed by atoms with Gasteiger partial charge in [-0.15, -0.1) is 0 Å². The van der Waals surface area contributed by atoms with Gasteiger partial charge in [-0.25, -0.2) is 0 Å². The van der Waals surface area contributed by atoms with Crippen LogP contribution in [0.15, 0.2) is 23.0 Å². The molecule has 1 N–H and O–H groups in total. The number of carbonyl (C=O) groups is 4. The molecule has 2 heterocycles. The van der Waals surface area contributed by atoms with Gasteiger partial charge in [0, 0.05) is 37.6 Å². The van der Waals surface area contributed by atoms with E-state index >= 15 is 0 Å². The van der Waals surface area contributed by atoms with Gasteiger partial charge < -0.3 is 9.73 Å². The molecule has 24 heavy (non-hydrogen) atoms. The molecule has 2 unspecified atom stereocenters. The van der Waals surface area contributed by atoms with E-state index in [1.54, 1.807) is 6.07 Å². The number of nitrogens with one attached hydrogen (secondary N) is 1. The molecule has 130 valence electrons. The molecule has 0 bridgehead atoms. The van der Waals surface area contributed by atoms with Gasteiger partial charge >= 0.3 is 0 Å². The van der Waals surface area contributed by atoms with E-state index in [0.29, 0.717) is 13.0 Å². The number of carbonyl (C=O) groups excluding carboxylic acids is 4. The van der Waals surface area contributed by atoms with Crippen molar-refractivity contribution in [3.63, 3.8) is 0 Å². The topological polar surface area (TPSA) is 93.4 Å². The zero-order chi connectivity index (χ0) is 17.7. The third kappa shape index (κ3) is 4.63. The second-order valence-electron chi connectivity index (χ2n) is 6.68. The number of amides is 1. The lowest BCUT2D eigenvalue weighted by Crippen LogP contribution is -2.43. The zero-order valence-electron chi connectivity index (χ0n) is 14.0. The summed E-state index contributed by atoms with van der Waals surface area (Å²) in [6.07, 6.45) is 3.92. The minimum Gasteiger partial charge on any atom is -0.472 e. The number of piperidine rings is 1. The summed E-state index contributed by atoms with van der Waals surface area (Å²) in [6.45, 7) is 4.19. The Labute approximate surface area is 141 Å². The van der Waals surface area contributed by atoms with E-state index in [-0.39, 0.29) is 36.7 Å². The van der Waals surface area contributed by atoms with Gasteiger partial charge in [0.2, 0.25) is 5.78 Å². The average Bonchev–Trinajstić information content (AvgIpc) is 3.02. The number of hydrogen-bond acceptors (Lipinski definition) is 5. The molecule has 1 aromatic rings. The van der Waals surface area contributed by atoms with E-state index in [1.807, 2.05) is 13.8 Å². The summed E-state index contributed by atoms with van der Waals surface area (Å²) in [6, 6.07) is 1.73. The first kappa shape index (κ1) is 18.1. The molecule has 0 spiro atoms. The molecular weight excluding hydrogens is 310 g/mol. The van der Waals surface area contributed by atoms with Crippen molar-refractivity contribution < 1.29 is 23.6 Å². The quantitative estimate of drug-likeness (QED) is 0.731. The van der Waals surface area contributed by atoms with Gasteiger partial charge in [-0.3, -0.25) is 19.2 Å². The van der Waals surface area contributed by atoms with Crippen molar-refractivity contribution in [2.75, 3.05) is 6.54 Å². The lowest BCUT2D eigenvalue weighted by atomic mass is 9.80. The molecule has 0 aromatic carbocycles. The minimum absolute atomic E-state index is 0.00156. The Hall–Kier alpha value is -2.24. The Balaban J connectivity index is 1.96. The molecule has 6 heteroatoms. The van der Waals surface area contributed by atoms with Crippen LogP contribution in [0.3, 0.4) is 0 Å². The number of Topliss-reactive ketones (excluding diaryl/α,β-unsaturated/α-hetero) is 3. The van der Waals surface area contributed by atoms with Crippen LogP contribution in [-0.2, 0) is 25.6 Å². The summed E-state index contributed by atoms with van der Waals surface area (Å²) >= 11 is 0. The van der Waals surface area contributed by atoms with Crippen LogP contribution in [0, 0.1) is 17.8 Å². The number of rotatable bonds is 8. The summed E-state index contributed by atoms with van der Waals surface area (Å²) in [7, 11) is 0. The van der Waals surface area contributed by atoms with Gasteiger partial charge in [0.05, 0.1) is 12.5 Å². The monoisotopic (exact) mass is 333 g/mol. The lowest BCUT2D eigenvalue weighted by Gasteiger charge is -2.24. The first-order chi connectivity index (χ1) is 11.4. The highest BCUT2D eigenvalue weighted by Gasteiger charge is 2.34. The predicted octanol–water partition coefficient (Wildman–Crippen LogP) is 1.72. The van der Waals surface area contributed by atoms with Crippen molar-refractivity contribution >= 4 is 23.3 Å². The zero-order valence-corrected chi connectivity index (χ0v) is 14.0. The maximum absolute atomic E-state index is 12.6. The van der Waals surface area contributed by atoms with Crippen LogP contribution in [-0.4, -0.2) is 29.8 Å². The average molecular weight is 333 g/mol. The summed E-state index contributed by atoms with van der Waals surface area (Å²) in [5, 5.41) is 2.48. The van der Waals surface area contributed by atoms with Crippen LogP contribution in [0.2, 0.25) is 0 Å². The number of hydrogen-bond donors (Lipinski definition) is 1. The van der Waals surface area contributed by atoms with Crippen molar-refractivity contribution in [2.24, 2.45) is 17.8 Å². The highest BCUT2D eigenvalue weighted by Crippen LogP contribution is 2.24. The Kier molecular flexibility index (Phi) is 6.06. The Morgan fingerprint density at radius 3 is 2.71 bits per heavy atom. The van der Waals surface area contributed by atoms with Crippen LogP contribution in [0.1, 0.15) is 38.7 Å². The molecule has 1 aliphatic rings. The Morgan fingerprint density at radius 1 is 1.33 bits per heavy atom. The van der Waals surface area contributed by atoms with Crippen molar-refractivity contribution in [3.8, 4) is 0 Å². The molecule has 2 atom stereocenters. The SMILES string of the molecule is CC(C)C(CC(=O)Cc1ccoc1)C(=O)CC1CCNC(=O)C1=O. The van der Waals surface area contributed by atoms with E-state index in [4.69, 9.17) is 4.42 Å². The molecule has 1 amide bonds. The molecular formula is C18H23NO5. The smallest absolute Gasteiger partial charge is 0.287 e. The van der Waals surface area contributed by atoms with Gasteiger partial charge in [0.1, 0.15) is 11.6 Å². The largest absolute Gasteiger partial charge is 0.472 e. The highest BCUT2D eigenvalue weighted by atomic mass is 16.3. The summed E-state index contributed by atoms with van der Waals surface area (Å²) < 4.78 is 4.94. The van der Waals surface area contributed by atoms with Crippen molar-refractivity contribution in [3.05, 3.63) is 24.2 Å². The molecule has 1 aliphatic heterocycles. The number of furan rings is 1. The van der Waals surface area contributed by atoms with Gasteiger partial charge in [-0.05, 0) is 24.0 Å². The highest BCUT2D eigenvalue weighted by molar-refractivity contribution is 6.37. The summed E-state index contributed by atoms with van der Waals surface area (Å²) in [5.41, 5.74) is 0.786. The summed E-state index contributed by atoms with van der Waals surface area (Å²) in [4.78, 5) is 48.1. The van der Waals surface area contributed by atoms with Crippen LogP contribution in [0.5, 0.6) is 0 Å². The maximum atomic E-state index is 12.6. The van der Waals surface area contributed by atoms with Crippen molar-refractivity contribution in [1.29, 1.82) is 0 Å². The molecule has 0 aliphatic carbocycles. The third-order valence-corrected chi connectivity index (χ3v) is 4.47. The van der Waals surface area contributed by atoms with Crippen molar-refractivity contribution in [2.45, 2.75) is 39.5 Å². The minimum atomic E-state index is -0.615. The van der Waals surface area contributed by atoms with E-state index in [2.05, 4.69) is 5.32 Å². The van der Waals surface area contributed by atoms with Gasteiger partial charge in [-0.1, -0.05) is 13.8 Å². The molecule has 6 nitrogen and oxygen atoms in total. The van der Waals surface area contributed by atoms with Crippen LogP contribution in [0.25, 0.3) is 0 Å². The van der Waals surface area contributed by atoms with Gasteiger partial charge in [0.15, 0.2) is 0 Å². The maximum Gasteiger partial charge on any atom is 0.287 e. The third-order valence-electron chi connectivity index (χ3n) is 4.47. The second-order valence-corrected chi connectivity index (χ2v) is 6.68. The molecule has 1 saturated heterocycles. The lowest BCUT2D eigenvalue weighted by molar-refractivity contribution is -0.143. The molecule has 1 aromatic heterocycles. The Bertz CT molecular complexity index is 617. The predicted molar refractivity (Wildman–Crippen MR) is 86.1 cm³/mol. The fraction of sp³-hybridized carbons (Fsp3) is 0.556. The fourth-order valence-corrected chi connectivity index (χ4v) is 3.01. The summed E-state index contributed by atoms with van der Waals surface area (Å²) in [5.74, 6) is -2.27. The standard InChI is InChI=1S/C18H23NO5/c1-11(2)15(9-14(20)7-12-4-6-24-10-12)16(21)8-13-3-5-19-18(23)17(13)22/h4,6,10-11,13,15H,3,5,7-9H2,1-2H3,(H,19,23). The van der Waals surface area contributed by atoms with Gasteiger partial charge in [-0.2, -0.15) is 0 Å². The normalized spacial score (nSPS) is 19.2. The van der Waals surface area contributed by atoms with Crippen LogP contribution >= 0.6 is 0 Å². The molecule has 0 saturated carbocycles. The molecule has 0 radical (unpaired) electrons. The Morgan fingerprint density at radius 2 is 2.08 bits per heavy atom.